The van der Waals surface area contributed by atoms with Gasteiger partial charge in [0.05, 0.1) is 11.1 Å². The van der Waals surface area contributed by atoms with Crippen LogP contribution in [-0.4, -0.2) is 37.0 Å². The van der Waals surface area contributed by atoms with Gasteiger partial charge in [-0.05, 0) is 41.7 Å². The zero-order valence-electron chi connectivity index (χ0n) is 14.2. The molecule has 1 amide bonds. The van der Waals surface area contributed by atoms with Crippen molar-refractivity contribution in [3.8, 4) is 16.8 Å². The summed E-state index contributed by atoms with van der Waals surface area (Å²) in [6.45, 7) is 0. The first kappa shape index (κ1) is 16.8. The fourth-order valence-electron chi connectivity index (χ4n) is 3.15. The number of anilines is 1. The zero-order chi connectivity index (χ0) is 19.0. The molecule has 1 aromatic heterocycles. The van der Waals surface area contributed by atoms with Crippen LogP contribution in [0.25, 0.3) is 16.8 Å². The lowest BCUT2D eigenvalue weighted by Crippen LogP contribution is -2.19. The average molecular weight is 364 g/mol. The van der Waals surface area contributed by atoms with E-state index in [0.29, 0.717) is 18.5 Å². The number of benzene rings is 2. The van der Waals surface area contributed by atoms with Crippen molar-refractivity contribution in [2.45, 2.75) is 18.3 Å². The van der Waals surface area contributed by atoms with Gasteiger partial charge in [-0.1, -0.05) is 36.4 Å². The van der Waals surface area contributed by atoms with E-state index in [-0.39, 0.29) is 5.95 Å². The summed E-state index contributed by atoms with van der Waals surface area (Å²) >= 11 is 0. The van der Waals surface area contributed by atoms with Gasteiger partial charge in [-0.2, -0.15) is 0 Å². The van der Waals surface area contributed by atoms with Crippen LogP contribution in [0, 0.1) is 0 Å². The predicted octanol–water partition coefficient (Wildman–Crippen LogP) is 3.14. The van der Waals surface area contributed by atoms with Crippen LogP contribution < -0.4 is 5.32 Å². The average Bonchev–Trinajstić information content (AvgIpc) is 3.36. The van der Waals surface area contributed by atoms with Gasteiger partial charge in [0.1, 0.15) is 6.33 Å². The van der Waals surface area contributed by atoms with Gasteiger partial charge in [0.2, 0.25) is 5.95 Å². The minimum atomic E-state index is -1.21. The smallest absolute Gasteiger partial charge is 0.411 e. The number of aromatic nitrogens is 3. The predicted molar refractivity (Wildman–Crippen MR) is 97.0 cm³/mol. The van der Waals surface area contributed by atoms with Crippen molar-refractivity contribution in [3.63, 3.8) is 0 Å². The van der Waals surface area contributed by atoms with Crippen LogP contribution in [0.3, 0.4) is 0 Å². The second kappa shape index (κ2) is 6.24. The maximum absolute atomic E-state index is 11.4. The van der Waals surface area contributed by atoms with Crippen LogP contribution in [0.15, 0.2) is 54.9 Å². The number of carboxylic acids is 1. The van der Waals surface area contributed by atoms with E-state index in [1.807, 2.05) is 48.5 Å². The molecule has 0 atom stereocenters. The van der Waals surface area contributed by atoms with Gasteiger partial charge < -0.3 is 10.2 Å². The number of carboxylic acid groups (broad SMARTS) is 2. The third-order valence-electron chi connectivity index (χ3n) is 4.84. The molecule has 1 aliphatic carbocycles. The number of hydrogen-bond donors (Lipinski definition) is 3. The molecule has 3 aromatic rings. The molecule has 0 radical (unpaired) electrons. The summed E-state index contributed by atoms with van der Waals surface area (Å²) < 4.78 is 1.53. The first-order valence-electron chi connectivity index (χ1n) is 8.34. The van der Waals surface area contributed by atoms with Gasteiger partial charge in [0, 0.05) is 0 Å². The summed E-state index contributed by atoms with van der Waals surface area (Å²) in [5, 5.41) is 27.9. The van der Waals surface area contributed by atoms with Gasteiger partial charge in [-0.25, -0.2) is 4.79 Å². The van der Waals surface area contributed by atoms with E-state index in [1.54, 1.807) is 0 Å². The van der Waals surface area contributed by atoms with Gasteiger partial charge in [-0.3, -0.25) is 14.7 Å². The third kappa shape index (κ3) is 3.01. The van der Waals surface area contributed by atoms with E-state index < -0.39 is 17.5 Å². The SMILES string of the molecule is O=C(O)Nc1nncn1-c1ccc(-c2ccc(C3(C(=O)O)CC3)cc2)cc1. The molecule has 0 spiro atoms. The molecule has 27 heavy (non-hydrogen) atoms. The van der Waals surface area contributed by atoms with Crippen LogP contribution in [0.5, 0.6) is 0 Å². The van der Waals surface area contributed by atoms with E-state index in [0.717, 1.165) is 16.7 Å². The molecule has 0 bridgehead atoms. The summed E-state index contributed by atoms with van der Waals surface area (Å²) in [6, 6.07) is 15.1. The Hall–Kier alpha value is -3.68. The van der Waals surface area contributed by atoms with Crippen molar-refractivity contribution in [1.82, 2.24) is 14.8 Å². The molecule has 0 saturated heterocycles. The van der Waals surface area contributed by atoms with E-state index in [9.17, 15) is 14.7 Å². The molecule has 4 rings (SSSR count). The third-order valence-corrected chi connectivity index (χ3v) is 4.84. The first-order valence-corrected chi connectivity index (χ1v) is 8.34. The molecule has 1 heterocycles. The highest BCUT2D eigenvalue weighted by atomic mass is 16.4. The Morgan fingerprint density at radius 3 is 2.07 bits per heavy atom. The first-order chi connectivity index (χ1) is 13.0. The molecule has 3 N–H and O–H groups in total. The number of aliphatic carboxylic acids is 1. The van der Waals surface area contributed by atoms with E-state index in [4.69, 9.17) is 5.11 Å². The van der Waals surface area contributed by atoms with E-state index in [1.165, 1.54) is 10.9 Å². The number of carbonyl (C=O) groups is 2. The summed E-state index contributed by atoms with van der Waals surface area (Å²) in [6.07, 6.45) is 1.58. The fraction of sp³-hybridized carbons (Fsp3) is 0.158. The normalized spacial score (nSPS) is 14.5. The monoisotopic (exact) mass is 364 g/mol. The second-order valence-electron chi connectivity index (χ2n) is 6.47. The van der Waals surface area contributed by atoms with Gasteiger partial charge >= 0.3 is 12.1 Å². The summed E-state index contributed by atoms with van der Waals surface area (Å²) in [4.78, 5) is 22.2. The highest BCUT2D eigenvalue weighted by molar-refractivity contribution is 5.85. The molecule has 136 valence electrons. The zero-order valence-corrected chi connectivity index (χ0v) is 14.2. The summed E-state index contributed by atoms with van der Waals surface area (Å²) in [5.74, 6) is -0.651. The maximum Gasteiger partial charge on any atom is 0.411 e. The quantitative estimate of drug-likeness (QED) is 0.640. The molecule has 1 aliphatic rings. The standard InChI is InChI=1S/C19H16N4O4/c24-16(25)19(9-10-19)14-5-1-12(2-6-14)13-3-7-15(8-4-13)23-11-20-22-17(23)21-18(26)27/h1-8,11H,9-10H2,(H,21,22)(H,24,25)(H,26,27). The Balaban J connectivity index is 1.57. The number of nitrogens with zero attached hydrogens (tertiary/aromatic N) is 3. The Morgan fingerprint density at radius 2 is 1.56 bits per heavy atom. The van der Waals surface area contributed by atoms with Crippen LogP contribution in [0.1, 0.15) is 18.4 Å². The fourth-order valence-corrected chi connectivity index (χ4v) is 3.15. The van der Waals surface area contributed by atoms with Crippen molar-refractivity contribution < 1.29 is 19.8 Å². The number of amides is 1. The topological polar surface area (TPSA) is 117 Å². The van der Waals surface area contributed by atoms with Gasteiger partial charge in [0.15, 0.2) is 0 Å². The summed E-state index contributed by atoms with van der Waals surface area (Å²) in [7, 11) is 0. The Kier molecular flexibility index (Phi) is 3.88. The number of rotatable bonds is 5. The van der Waals surface area contributed by atoms with Crippen molar-refractivity contribution in [1.29, 1.82) is 0 Å². The molecule has 1 saturated carbocycles. The highest BCUT2D eigenvalue weighted by Crippen LogP contribution is 2.48. The van der Waals surface area contributed by atoms with Crippen molar-refractivity contribution in [2.24, 2.45) is 0 Å². The Labute approximate surface area is 154 Å². The van der Waals surface area contributed by atoms with E-state index in [2.05, 4.69) is 15.5 Å². The maximum atomic E-state index is 11.4. The van der Waals surface area contributed by atoms with Crippen molar-refractivity contribution in [3.05, 3.63) is 60.4 Å². The molecule has 0 unspecified atom stereocenters. The molecule has 2 aromatic carbocycles. The largest absolute Gasteiger partial charge is 0.481 e. The second-order valence-corrected chi connectivity index (χ2v) is 6.47. The molecule has 8 heteroatoms. The lowest BCUT2D eigenvalue weighted by atomic mass is 9.94. The van der Waals surface area contributed by atoms with Gasteiger partial charge in [0.25, 0.3) is 0 Å². The van der Waals surface area contributed by atoms with Crippen LogP contribution in [0.2, 0.25) is 0 Å². The van der Waals surface area contributed by atoms with Crippen LogP contribution in [0.4, 0.5) is 10.7 Å². The minimum Gasteiger partial charge on any atom is -0.481 e. The van der Waals surface area contributed by atoms with Crippen LogP contribution >= 0.6 is 0 Å². The lowest BCUT2D eigenvalue weighted by Gasteiger charge is -2.11. The molecule has 0 aliphatic heterocycles. The van der Waals surface area contributed by atoms with E-state index >= 15 is 0 Å². The Bertz CT molecular complexity index is 1000. The number of nitrogens with one attached hydrogen (secondary N) is 1. The van der Waals surface area contributed by atoms with Crippen LogP contribution in [-0.2, 0) is 10.2 Å². The minimum absolute atomic E-state index is 0.114. The number of hydrogen-bond acceptors (Lipinski definition) is 4. The Morgan fingerprint density at radius 1 is 0.963 bits per heavy atom. The van der Waals surface area contributed by atoms with Crippen molar-refractivity contribution >= 4 is 18.0 Å². The lowest BCUT2D eigenvalue weighted by molar-refractivity contribution is -0.140. The highest BCUT2D eigenvalue weighted by Gasteiger charge is 2.51. The molecular weight excluding hydrogens is 348 g/mol. The van der Waals surface area contributed by atoms with Crippen molar-refractivity contribution in [2.75, 3.05) is 5.32 Å². The van der Waals surface area contributed by atoms with Gasteiger partial charge in [-0.15, -0.1) is 10.2 Å². The summed E-state index contributed by atoms with van der Waals surface area (Å²) in [5.41, 5.74) is 2.78. The molecule has 1 fully saturated rings. The molecule has 8 nitrogen and oxygen atoms in total. The molecular formula is C19H16N4O4.